The maximum Gasteiger partial charge on any atom is 0.123 e. The molecule has 18 heavy (non-hydrogen) atoms. The molecule has 0 spiro atoms. The van der Waals surface area contributed by atoms with Crippen molar-refractivity contribution in [2.24, 2.45) is 0 Å². The van der Waals surface area contributed by atoms with Gasteiger partial charge in [-0.2, -0.15) is 0 Å². The van der Waals surface area contributed by atoms with Crippen LogP contribution in [0.1, 0.15) is 44.3 Å². The molecule has 1 aromatic rings. The molecule has 1 atom stereocenters. The van der Waals surface area contributed by atoms with Crippen LogP contribution in [0, 0.1) is 5.82 Å². The minimum absolute atomic E-state index is 0.254. The summed E-state index contributed by atoms with van der Waals surface area (Å²) >= 11 is 0. The van der Waals surface area contributed by atoms with Crippen LogP contribution in [0.25, 0.3) is 0 Å². The van der Waals surface area contributed by atoms with Gasteiger partial charge in [0.05, 0.1) is 6.10 Å². The van der Waals surface area contributed by atoms with Gasteiger partial charge in [-0.25, -0.2) is 4.39 Å². The largest absolute Gasteiger partial charge is 0.387 e. The van der Waals surface area contributed by atoms with Gasteiger partial charge in [-0.15, -0.1) is 0 Å². The third-order valence-electron chi connectivity index (χ3n) is 3.52. The summed E-state index contributed by atoms with van der Waals surface area (Å²) in [6, 6.07) is 6.82. The minimum atomic E-state index is -0.511. The summed E-state index contributed by atoms with van der Waals surface area (Å²) in [4.78, 5) is 2.37. The molecule has 0 aliphatic heterocycles. The summed E-state index contributed by atoms with van der Waals surface area (Å²) < 4.78 is 12.8. The number of hydrogen-bond acceptors (Lipinski definition) is 2. The molecule has 1 aromatic carbocycles. The van der Waals surface area contributed by atoms with Crippen LogP contribution in [0.5, 0.6) is 0 Å². The van der Waals surface area contributed by atoms with Gasteiger partial charge in [-0.05, 0) is 43.5 Å². The fourth-order valence-corrected chi connectivity index (χ4v) is 2.24. The van der Waals surface area contributed by atoms with Crippen LogP contribution in [0.2, 0.25) is 0 Å². The predicted octanol–water partition coefficient (Wildman–Crippen LogP) is 3.12. The lowest BCUT2D eigenvalue weighted by Crippen LogP contribution is -2.31. The topological polar surface area (TPSA) is 23.5 Å². The first-order valence-corrected chi connectivity index (χ1v) is 6.88. The van der Waals surface area contributed by atoms with Crippen LogP contribution in [-0.2, 0) is 0 Å². The molecule has 0 amide bonds. The predicted molar refractivity (Wildman–Crippen MR) is 70.9 cm³/mol. The van der Waals surface area contributed by atoms with Gasteiger partial charge in [0.1, 0.15) is 5.82 Å². The second-order valence-electron chi connectivity index (χ2n) is 5.15. The van der Waals surface area contributed by atoms with Crippen LogP contribution >= 0.6 is 0 Å². The van der Waals surface area contributed by atoms with E-state index in [0.29, 0.717) is 12.6 Å². The Labute approximate surface area is 108 Å². The van der Waals surface area contributed by atoms with Crippen molar-refractivity contribution in [3.63, 3.8) is 0 Å². The fourth-order valence-electron chi connectivity index (χ4n) is 2.24. The summed E-state index contributed by atoms with van der Waals surface area (Å²) in [7, 11) is 0. The summed E-state index contributed by atoms with van der Waals surface area (Å²) in [6.45, 7) is 3.90. The van der Waals surface area contributed by atoms with Crippen molar-refractivity contribution in [2.75, 3.05) is 13.1 Å². The van der Waals surface area contributed by atoms with E-state index >= 15 is 0 Å². The summed E-state index contributed by atoms with van der Waals surface area (Å²) in [6.07, 6.45) is 4.34. The molecule has 3 heteroatoms. The molecule has 1 fully saturated rings. The highest BCUT2D eigenvalue weighted by Gasteiger charge is 2.29. The van der Waals surface area contributed by atoms with Gasteiger partial charge < -0.3 is 5.11 Å². The van der Waals surface area contributed by atoms with Crippen molar-refractivity contribution in [1.82, 2.24) is 4.90 Å². The quantitative estimate of drug-likeness (QED) is 0.805. The molecule has 0 radical (unpaired) electrons. The van der Waals surface area contributed by atoms with Crippen molar-refractivity contribution >= 4 is 0 Å². The van der Waals surface area contributed by atoms with Crippen molar-refractivity contribution in [3.8, 4) is 0 Å². The number of aliphatic hydroxyl groups excluding tert-OH is 1. The molecule has 1 aliphatic rings. The Bertz CT molecular complexity index is 361. The summed E-state index contributed by atoms with van der Waals surface area (Å²) in [5.74, 6) is -0.254. The summed E-state index contributed by atoms with van der Waals surface area (Å²) in [5, 5.41) is 10.2. The van der Waals surface area contributed by atoms with Crippen molar-refractivity contribution in [2.45, 2.75) is 44.8 Å². The zero-order chi connectivity index (χ0) is 13.0. The van der Waals surface area contributed by atoms with E-state index in [2.05, 4.69) is 11.8 Å². The van der Waals surface area contributed by atoms with Gasteiger partial charge in [0.25, 0.3) is 0 Å². The Morgan fingerprint density at radius 3 is 2.56 bits per heavy atom. The molecular formula is C15H22FNO. The second-order valence-corrected chi connectivity index (χ2v) is 5.15. The molecule has 1 saturated carbocycles. The average molecular weight is 251 g/mol. The van der Waals surface area contributed by atoms with Crippen LogP contribution in [0.15, 0.2) is 24.3 Å². The molecule has 0 aromatic heterocycles. The van der Waals surface area contributed by atoms with E-state index in [9.17, 15) is 9.50 Å². The zero-order valence-electron chi connectivity index (χ0n) is 11.0. The summed E-state index contributed by atoms with van der Waals surface area (Å²) in [5.41, 5.74) is 0.804. The highest BCUT2D eigenvalue weighted by Crippen LogP contribution is 2.29. The van der Waals surface area contributed by atoms with Gasteiger partial charge in [0.15, 0.2) is 0 Å². The Hall–Kier alpha value is -0.930. The first-order valence-electron chi connectivity index (χ1n) is 6.88. The molecule has 1 N–H and O–H groups in total. The Kier molecular flexibility index (Phi) is 4.72. The lowest BCUT2D eigenvalue weighted by atomic mass is 10.1. The molecule has 0 bridgehead atoms. The van der Waals surface area contributed by atoms with Crippen molar-refractivity contribution in [1.29, 1.82) is 0 Å². The maximum absolute atomic E-state index is 12.8. The molecule has 0 saturated heterocycles. The van der Waals surface area contributed by atoms with Crippen molar-refractivity contribution < 1.29 is 9.50 Å². The van der Waals surface area contributed by atoms with E-state index in [4.69, 9.17) is 0 Å². The molecular weight excluding hydrogens is 229 g/mol. The van der Waals surface area contributed by atoms with E-state index in [1.807, 2.05) is 0 Å². The SMILES string of the molecule is CCCCN(CC(O)c1ccc(F)cc1)C1CC1. The fraction of sp³-hybridized carbons (Fsp3) is 0.600. The van der Waals surface area contributed by atoms with E-state index in [1.165, 1.54) is 37.8 Å². The number of rotatable bonds is 7. The van der Waals surface area contributed by atoms with E-state index in [1.54, 1.807) is 12.1 Å². The third kappa shape index (κ3) is 3.79. The second kappa shape index (κ2) is 6.30. The molecule has 100 valence electrons. The number of halogens is 1. The highest BCUT2D eigenvalue weighted by atomic mass is 19.1. The normalized spacial score (nSPS) is 17.1. The molecule has 2 nitrogen and oxygen atoms in total. The zero-order valence-corrected chi connectivity index (χ0v) is 11.0. The van der Waals surface area contributed by atoms with Gasteiger partial charge in [-0.3, -0.25) is 4.90 Å². The van der Waals surface area contributed by atoms with Gasteiger partial charge >= 0.3 is 0 Å². The lowest BCUT2D eigenvalue weighted by molar-refractivity contribution is 0.107. The number of benzene rings is 1. The molecule has 2 rings (SSSR count). The van der Waals surface area contributed by atoms with Crippen molar-refractivity contribution in [3.05, 3.63) is 35.6 Å². The maximum atomic E-state index is 12.8. The lowest BCUT2D eigenvalue weighted by Gasteiger charge is -2.25. The van der Waals surface area contributed by atoms with Crippen LogP contribution < -0.4 is 0 Å². The first kappa shape index (κ1) is 13.5. The molecule has 0 heterocycles. The smallest absolute Gasteiger partial charge is 0.123 e. The van der Waals surface area contributed by atoms with Crippen LogP contribution in [0.3, 0.4) is 0 Å². The monoisotopic (exact) mass is 251 g/mol. The van der Waals surface area contributed by atoms with Gasteiger partial charge in [0, 0.05) is 12.6 Å². The number of hydrogen-bond donors (Lipinski definition) is 1. The highest BCUT2D eigenvalue weighted by molar-refractivity contribution is 5.18. The first-order chi connectivity index (χ1) is 8.70. The van der Waals surface area contributed by atoms with Crippen LogP contribution in [-0.4, -0.2) is 29.1 Å². The average Bonchev–Trinajstić information content (AvgIpc) is 3.19. The number of unbranched alkanes of at least 4 members (excludes halogenated alkanes) is 1. The van der Waals surface area contributed by atoms with Gasteiger partial charge in [-0.1, -0.05) is 25.5 Å². The molecule has 1 unspecified atom stereocenters. The van der Waals surface area contributed by atoms with E-state index in [0.717, 1.165) is 12.1 Å². The Morgan fingerprint density at radius 2 is 2.00 bits per heavy atom. The standard InChI is InChI=1S/C15H22FNO/c1-2-3-10-17(14-8-9-14)11-15(18)12-4-6-13(16)7-5-12/h4-7,14-15,18H,2-3,8-11H2,1H3. The van der Waals surface area contributed by atoms with Gasteiger partial charge in [0.2, 0.25) is 0 Å². The minimum Gasteiger partial charge on any atom is -0.387 e. The third-order valence-corrected chi connectivity index (χ3v) is 3.52. The Balaban J connectivity index is 1.91. The van der Waals surface area contributed by atoms with E-state index in [-0.39, 0.29) is 5.82 Å². The van der Waals surface area contributed by atoms with Crippen LogP contribution in [0.4, 0.5) is 4.39 Å². The molecule has 1 aliphatic carbocycles. The number of aliphatic hydroxyl groups is 1. The Morgan fingerprint density at radius 1 is 1.33 bits per heavy atom. The number of nitrogens with zero attached hydrogens (tertiary/aromatic N) is 1. The van der Waals surface area contributed by atoms with E-state index < -0.39 is 6.10 Å².